The van der Waals surface area contributed by atoms with Crippen molar-refractivity contribution >= 4 is 11.9 Å². The number of carbonyl (C=O) groups excluding carboxylic acids is 1. The maximum Gasteiger partial charge on any atom is 0.237 e. The van der Waals surface area contributed by atoms with Gasteiger partial charge in [-0.1, -0.05) is 0 Å². The van der Waals surface area contributed by atoms with Crippen molar-refractivity contribution in [2.24, 2.45) is 5.73 Å². The summed E-state index contributed by atoms with van der Waals surface area (Å²) in [6.07, 6.45) is 1.48. The van der Waals surface area contributed by atoms with E-state index in [-0.39, 0.29) is 18.3 Å². The maximum absolute atomic E-state index is 10.9. The Bertz CT molecular complexity index is 423. The molecule has 0 spiro atoms. The standard InChI is InChI=1S/C10H13N5O/c1-7(2)15(6-9(12)16)10-13-4-3-8(5-11)14-10/h3-4,7H,6H2,1-2H3,(H2,12,16). The number of primary amides is 1. The summed E-state index contributed by atoms with van der Waals surface area (Å²) in [6, 6.07) is 3.46. The molecule has 0 saturated heterocycles. The lowest BCUT2D eigenvalue weighted by Crippen LogP contribution is -2.39. The molecule has 84 valence electrons. The Kier molecular flexibility index (Phi) is 3.78. The molecule has 0 saturated carbocycles. The summed E-state index contributed by atoms with van der Waals surface area (Å²) < 4.78 is 0. The van der Waals surface area contributed by atoms with Crippen LogP contribution in [0.4, 0.5) is 5.95 Å². The third-order valence-corrected chi connectivity index (χ3v) is 1.96. The molecule has 1 rings (SSSR count). The lowest BCUT2D eigenvalue weighted by molar-refractivity contribution is -0.116. The van der Waals surface area contributed by atoms with Crippen molar-refractivity contribution in [3.05, 3.63) is 18.0 Å². The molecule has 0 aromatic carbocycles. The van der Waals surface area contributed by atoms with Gasteiger partial charge >= 0.3 is 0 Å². The van der Waals surface area contributed by atoms with Gasteiger partial charge in [0.15, 0.2) is 0 Å². The van der Waals surface area contributed by atoms with Crippen LogP contribution >= 0.6 is 0 Å². The second-order valence-electron chi connectivity index (χ2n) is 3.54. The Labute approximate surface area is 93.7 Å². The van der Waals surface area contributed by atoms with E-state index in [1.807, 2.05) is 19.9 Å². The van der Waals surface area contributed by atoms with E-state index in [4.69, 9.17) is 11.0 Å². The zero-order chi connectivity index (χ0) is 12.1. The molecule has 6 heteroatoms. The van der Waals surface area contributed by atoms with E-state index in [0.29, 0.717) is 5.95 Å². The third kappa shape index (κ3) is 2.92. The van der Waals surface area contributed by atoms with Crippen molar-refractivity contribution < 1.29 is 4.79 Å². The van der Waals surface area contributed by atoms with Gasteiger partial charge < -0.3 is 10.6 Å². The zero-order valence-corrected chi connectivity index (χ0v) is 9.21. The van der Waals surface area contributed by atoms with Gasteiger partial charge in [-0.25, -0.2) is 9.97 Å². The van der Waals surface area contributed by atoms with E-state index in [0.717, 1.165) is 0 Å². The van der Waals surface area contributed by atoms with Gasteiger partial charge in [-0.2, -0.15) is 5.26 Å². The first-order chi connectivity index (χ1) is 7.54. The lowest BCUT2D eigenvalue weighted by atomic mass is 10.3. The van der Waals surface area contributed by atoms with Gasteiger partial charge in [-0.3, -0.25) is 4.79 Å². The van der Waals surface area contributed by atoms with E-state index in [1.54, 1.807) is 4.90 Å². The van der Waals surface area contributed by atoms with Crippen LogP contribution in [0.5, 0.6) is 0 Å². The van der Waals surface area contributed by atoms with Crippen molar-refractivity contribution in [1.82, 2.24) is 9.97 Å². The molecule has 2 N–H and O–H groups in total. The minimum absolute atomic E-state index is 0.0291. The van der Waals surface area contributed by atoms with E-state index >= 15 is 0 Å². The molecular formula is C10H13N5O. The van der Waals surface area contributed by atoms with Crippen molar-refractivity contribution in [2.45, 2.75) is 19.9 Å². The van der Waals surface area contributed by atoms with Crippen LogP contribution in [0, 0.1) is 11.3 Å². The molecule has 0 aliphatic carbocycles. The fraction of sp³-hybridized carbons (Fsp3) is 0.400. The number of rotatable bonds is 4. The molecule has 1 heterocycles. The van der Waals surface area contributed by atoms with E-state index < -0.39 is 5.91 Å². The highest BCUT2D eigenvalue weighted by atomic mass is 16.1. The smallest absolute Gasteiger partial charge is 0.237 e. The van der Waals surface area contributed by atoms with Gasteiger partial charge in [-0.15, -0.1) is 0 Å². The molecule has 1 aromatic heterocycles. The lowest BCUT2D eigenvalue weighted by Gasteiger charge is -2.24. The van der Waals surface area contributed by atoms with Crippen LogP contribution in [0.2, 0.25) is 0 Å². The Hall–Kier alpha value is -2.16. The highest BCUT2D eigenvalue weighted by Crippen LogP contribution is 2.10. The van der Waals surface area contributed by atoms with Crippen molar-refractivity contribution in [1.29, 1.82) is 5.26 Å². The Morgan fingerprint density at radius 1 is 1.69 bits per heavy atom. The Balaban J connectivity index is 3.01. The summed E-state index contributed by atoms with van der Waals surface area (Å²) in [5.41, 5.74) is 5.40. The monoisotopic (exact) mass is 219 g/mol. The predicted octanol–water partition coefficient (Wildman–Crippen LogP) is 0.0484. The largest absolute Gasteiger partial charge is 0.368 e. The predicted molar refractivity (Wildman–Crippen MR) is 58.4 cm³/mol. The molecule has 0 atom stereocenters. The molecule has 1 amide bonds. The summed E-state index contributed by atoms with van der Waals surface area (Å²) in [6.45, 7) is 3.82. The molecule has 0 fully saturated rings. The highest BCUT2D eigenvalue weighted by Gasteiger charge is 2.15. The normalized spacial score (nSPS) is 9.88. The summed E-state index contributed by atoms with van der Waals surface area (Å²) in [5.74, 6) is -0.118. The van der Waals surface area contributed by atoms with Gasteiger partial charge in [0.05, 0.1) is 6.54 Å². The van der Waals surface area contributed by atoms with Crippen LogP contribution in [-0.4, -0.2) is 28.5 Å². The number of nitrogens with two attached hydrogens (primary N) is 1. The van der Waals surface area contributed by atoms with Gasteiger partial charge in [0, 0.05) is 12.2 Å². The van der Waals surface area contributed by atoms with E-state index in [1.165, 1.54) is 12.3 Å². The molecule has 0 radical (unpaired) electrons. The van der Waals surface area contributed by atoms with Gasteiger partial charge in [0.1, 0.15) is 11.8 Å². The van der Waals surface area contributed by atoms with Crippen molar-refractivity contribution in [3.63, 3.8) is 0 Å². The molecule has 0 bridgehead atoms. The fourth-order valence-corrected chi connectivity index (χ4v) is 1.20. The van der Waals surface area contributed by atoms with Gasteiger partial charge in [-0.05, 0) is 19.9 Å². The Morgan fingerprint density at radius 3 is 2.88 bits per heavy atom. The van der Waals surface area contributed by atoms with Crippen molar-refractivity contribution in [2.75, 3.05) is 11.4 Å². The summed E-state index contributed by atoms with van der Waals surface area (Å²) in [5, 5.41) is 8.71. The Morgan fingerprint density at radius 2 is 2.38 bits per heavy atom. The summed E-state index contributed by atoms with van der Waals surface area (Å²) in [7, 11) is 0. The van der Waals surface area contributed by atoms with Crippen LogP contribution in [0.25, 0.3) is 0 Å². The van der Waals surface area contributed by atoms with Crippen LogP contribution in [0.15, 0.2) is 12.3 Å². The van der Waals surface area contributed by atoms with Crippen molar-refractivity contribution in [3.8, 4) is 6.07 Å². The summed E-state index contributed by atoms with van der Waals surface area (Å²) >= 11 is 0. The molecular weight excluding hydrogens is 206 g/mol. The number of amides is 1. The molecule has 0 unspecified atom stereocenters. The molecule has 1 aromatic rings. The average molecular weight is 219 g/mol. The number of nitriles is 1. The minimum atomic E-state index is -0.459. The molecule has 0 aliphatic rings. The number of carbonyl (C=O) groups is 1. The number of nitrogens with zero attached hydrogens (tertiary/aromatic N) is 4. The first-order valence-corrected chi connectivity index (χ1v) is 4.82. The fourth-order valence-electron chi connectivity index (χ4n) is 1.20. The quantitative estimate of drug-likeness (QED) is 0.771. The number of aromatic nitrogens is 2. The first kappa shape index (κ1) is 11.9. The number of anilines is 1. The summed E-state index contributed by atoms with van der Waals surface area (Å²) in [4.78, 5) is 20.6. The van der Waals surface area contributed by atoms with Gasteiger partial charge in [0.2, 0.25) is 11.9 Å². The van der Waals surface area contributed by atoms with Crippen LogP contribution in [0.1, 0.15) is 19.5 Å². The van der Waals surface area contributed by atoms with Crippen LogP contribution in [0.3, 0.4) is 0 Å². The minimum Gasteiger partial charge on any atom is -0.368 e. The molecule has 16 heavy (non-hydrogen) atoms. The van der Waals surface area contributed by atoms with Crippen LogP contribution < -0.4 is 10.6 Å². The second kappa shape index (κ2) is 5.07. The van der Waals surface area contributed by atoms with Crippen LogP contribution in [-0.2, 0) is 4.79 Å². The SMILES string of the molecule is CC(C)N(CC(N)=O)c1nccc(C#N)n1. The maximum atomic E-state index is 10.9. The molecule has 6 nitrogen and oxygen atoms in total. The zero-order valence-electron chi connectivity index (χ0n) is 9.21. The number of hydrogen-bond acceptors (Lipinski definition) is 5. The third-order valence-electron chi connectivity index (χ3n) is 1.96. The van der Waals surface area contributed by atoms with E-state index in [9.17, 15) is 4.79 Å². The second-order valence-corrected chi connectivity index (χ2v) is 3.54. The highest BCUT2D eigenvalue weighted by molar-refractivity contribution is 5.79. The topological polar surface area (TPSA) is 95.9 Å². The average Bonchev–Trinajstić information content (AvgIpc) is 2.25. The number of hydrogen-bond donors (Lipinski definition) is 1. The molecule has 0 aliphatic heterocycles. The van der Waals surface area contributed by atoms with Gasteiger partial charge in [0.25, 0.3) is 0 Å². The van der Waals surface area contributed by atoms with E-state index in [2.05, 4.69) is 9.97 Å². The first-order valence-electron chi connectivity index (χ1n) is 4.82.